The molecule has 2 aromatic rings. The number of unbranched alkanes of at least 4 members (excludes halogenated alkanes) is 16. The molecule has 0 saturated carbocycles. The van der Waals surface area contributed by atoms with Gasteiger partial charge in [0, 0.05) is 0 Å². The average Bonchev–Trinajstić information content (AvgIpc) is 2.94. The van der Waals surface area contributed by atoms with E-state index in [1.807, 2.05) is 0 Å². The summed E-state index contributed by atoms with van der Waals surface area (Å²) in [5.74, 6) is 0. The molecule has 0 amide bonds. The van der Waals surface area contributed by atoms with E-state index >= 15 is 0 Å². The first kappa shape index (κ1) is 33.9. The van der Waals surface area contributed by atoms with Gasteiger partial charge in [0.05, 0.1) is 0 Å². The van der Waals surface area contributed by atoms with Crippen molar-refractivity contribution in [3.8, 4) is 0 Å². The van der Waals surface area contributed by atoms with E-state index in [0.29, 0.717) is 0 Å². The lowest BCUT2D eigenvalue weighted by molar-refractivity contribution is 0.608. The fraction of sp³-hybridized carbons (Fsp3) is 0.744. The van der Waals surface area contributed by atoms with Gasteiger partial charge in [-0.1, -0.05) is 154 Å². The monoisotopic (exact) mass is 535 g/mol. The van der Waals surface area contributed by atoms with Crippen molar-refractivity contribution in [3.05, 3.63) is 46.0 Å². The summed E-state index contributed by atoms with van der Waals surface area (Å²) >= 11 is 0. The largest absolute Gasteiger partial charge is 0.0654 e. The van der Waals surface area contributed by atoms with Crippen LogP contribution in [0.2, 0.25) is 0 Å². The molecule has 0 fully saturated rings. The Kier molecular flexibility index (Phi) is 18.6. The number of hydrogen-bond acceptors (Lipinski definition) is 0. The maximum Gasteiger partial charge on any atom is -0.0144 e. The molecule has 2 rings (SSSR count). The van der Waals surface area contributed by atoms with Crippen molar-refractivity contribution in [3.63, 3.8) is 0 Å². The highest BCUT2D eigenvalue weighted by atomic mass is 14.2. The molecule has 0 unspecified atom stereocenters. The minimum atomic E-state index is 1.28. The SMILES string of the molecule is CCCCCCCc1c(CCCCCCC)c(CCCCCCC)c2cc(C)ccc2c1CCCCCCC. The van der Waals surface area contributed by atoms with Crippen LogP contribution in [-0.2, 0) is 25.7 Å². The Bertz CT molecular complexity index is 889. The molecule has 0 bridgehead atoms. The summed E-state index contributed by atoms with van der Waals surface area (Å²) in [5, 5.41) is 3.23. The zero-order valence-corrected chi connectivity index (χ0v) is 27.2. The summed E-state index contributed by atoms with van der Waals surface area (Å²) < 4.78 is 0. The van der Waals surface area contributed by atoms with Crippen molar-refractivity contribution >= 4 is 10.8 Å². The van der Waals surface area contributed by atoms with Gasteiger partial charge in [0.1, 0.15) is 0 Å². The fourth-order valence-electron chi connectivity index (χ4n) is 6.66. The van der Waals surface area contributed by atoms with Gasteiger partial charge in [-0.3, -0.25) is 0 Å². The van der Waals surface area contributed by atoms with E-state index in [4.69, 9.17) is 0 Å². The third-order valence-electron chi connectivity index (χ3n) is 9.04. The van der Waals surface area contributed by atoms with E-state index in [2.05, 4.69) is 52.8 Å². The van der Waals surface area contributed by atoms with Gasteiger partial charge in [-0.2, -0.15) is 0 Å². The van der Waals surface area contributed by atoms with Crippen molar-refractivity contribution in [2.45, 2.75) is 189 Å². The topological polar surface area (TPSA) is 0 Å². The first-order chi connectivity index (χ1) is 19.2. The third-order valence-corrected chi connectivity index (χ3v) is 9.04. The maximum absolute atomic E-state index is 2.56. The van der Waals surface area contributed by atoms with Crippen molar-refractivity contribution in [1.82, 2.24) is 0 Å². The van der Waals surface area contributed by atoms with Gasteiger partial charge in [-0.25, -0.2) is 0 Å². The van der Waals surface area contributed by atoms with Gasteiger partial charge in [-0.15, -0.1) is 0 Å². The van der Waals surface area contributed by atoms with Gasteiger partial charge in [0.2, 0.25) is 0 Å². The van der Waals surface area contributed by atoms with Gasteiger partial charge in [0.15, 0.2) is 0 Å². The lowest BCUT2D eigenvalue weighted by Gasteiger charge is -2.24. The van der Waals surface area contributed by atoms with E-state index in [1.54, 1.807) is 33.0 Å². The van der Waals surface area contributed by atoms with Gasteiger partial charge in [-0.05, 0) is 91.3 Å². The summed E-state index contributed by atoms with van der Waals surface area (Å²) in [6, 6.07) is 7.46. The van der Waals surface area contributed by atoms with Crippen LogP contribution in [0.15, 0.2) is 18.2 Å². The third kappa shape index (κ3) is 12.4. The normalized spacial score (nSPS) is 11.6. The summed E-state index contributed by atoms with van der Waals surface area (Å²) in [6.45, 7) is 11.7. The average molecular weight is 535 g/mol. The molecule has 0 radical (unpaired) electrons. The Morgan fingerprint density at radius 1 is 0.359 bits per heavy atom. The zero-order valence-electron chi connectivity index (χ0n) is 27.2. The Balaban J connectivity index is 2.49. The molecule has 0 saturated heterocycles. The number of rotatable bonds is 24. The minimum Gasteiger partial charge on any atom is -0.0654 e. The molecule has 222 valence electrons. The van der Waals surface area contributed by atoms with Crippen LogP contribution in [0, 0.1) is 6.92 Å². The molecule has 0 atom stereocenters. The molecule has 0 heterocycles. The smallest absolute Gasteiger partial charge is 0.0144 e. The maximum atomic E-state index is 2.56. The molecule has 0 heteroatoms. The second-order valence-electron chi connectivity index (χ2n) is 12.6. The minimum absolute atomic E-state index is 1.28. The Morgan fingerprint density at radius 2 is 0.692 bits per heavy atom. The van der Waals surface area contributed by atoms with Crippen molar-refractivity contribution in [2.75, 3.05) is 0 Å². The second-order valence-corrected chi connectivity index (χ2v) is 12.6. The summed E-state index contributed by atoms with van der Waals surface area (Å²) in [4.78, 5) is 0. The predicted molar refractivity (Wildman–Crippen MR) is 179 cm³/mol. The van der Waals surface area contributed by atoms with Crippen molar-refractivity contribution in [1.29, 1.82) is 0 Å². The van der Waals surface area contributed by atoms with Crippen LogP contribution in [0.3, 0.4) is 0 Å². The lowest BCUT2D eigenvalue weighted by Crippen LogP contribution is -2.09. The van der Waals surface area contributed by atoms with E-state index in [0.717, 1.165) is 0 Å². The number of benzene rings is 2. The highest BCUT2D eigenvalue weighted by Crippen LogP contribution is 2.36. The second kappa shape index (κ2) is 21.4. The first-order valence-electron chi connectivity index (χ1n) is 17.7. The van der Waals surface area contributed by atoms with Crippen LogP contribution in [0.4, 0.5) is 0 Å². The van der Waals surface area contributed by atoms with E-state index < -0.39 is 0 Å². The van der Waals surface area contributed by atoms with Crippen LogP contribution < -0.4 is 0 Å². The molecular formula is C39H66. The summed E-state index contributed by atoms with van der Waals surface area (Å²) in [7, 11) is 0. The molecule has 0 nitrogen and oxygen atoms in total. The molecule has 0 aliphatic heterocycles. The van der Waals surface area contributed by atoms with E-state index in [9.17, 15) is 0 Å². The van der Waals surface area contributed by atoms with Gasteiger partial charge >= 0.3 is 0 Å². The molecule has 0 aromatic heterocycles. The van der Waals surface area contributed by atoms with Crippen LogP contribution >= 0.6 is 0 Å². The Hall–Kier alpha value is -1.30. The number of hydrogen-bond donors (Lipinski definition) is 0. The fourth-order valence-corrected chi connectivity index (χ4v) is 6.66. The lowest BCUT2D eigenvalue weighted by atomic mass is 9.81. The number of fused-ring (bicyclic) bond motifs is 1. The molecule has 39 heavy (non-hydrogen) atoms. The highest BCUT2D eigenvalue weighted by molar-refractivity contribution is 5.92. The van der Waals surface area contributed by atoms with Crippen molar-refractivity contribution in [2.24, 2.45) is 0 Å². The quantitative estimate of drug-likeness (QED) is 0.117. The van der Waals surface area contributed by atoms with Crippen LogP contribution in [0.5, 0.6) is 0 Å². The van der Waals surface area contributed by atoms with Gasteiger partial charge in [0.25, 0.3) is 0 Å². The summed E-state index contributed by atoms with van der Waals surface area (Å²) in [5.41, 5.74) is 8.54. The summed E-state index contributed by atoms with van der Waals surface area (Å²) in [6.07, 6.45) is 32.8. The Labute approximate surface area is 245 Å². The van der Waals surface area contributed by atoms with Crippen molar-refractivity contribution < 1.29 is 0 Å². The van der Waals surface area contributed by atoms with Crippen LogP contribution in [0.25, 0.3) is 10.8 Å². The molecule has 2 aromatic carbocycles. The predicted octanol–water partition coefficient (Wildman–Crippen LogP) is 13.2. The Morgan fingerprint density at radius 3 is 1.08 bits per heavy atom. The number of aryl methyl sites for hydroxylation is 3. The standard InChI is InChI=1S/C39H66/c1-6-10-14-18-22-26-34-35(27-23-19-15-11-7-2)37(29-25-21-17-13-9-4)39-32-33(5)30-31-38(39)36(34)28-24-20-16-12-8-3/h30-32H,6-29H2,1-5H3. The van der Waals surface area contributed by atoms with E-state index in [-0.39, 0.29) is 0 Å². The first-order valence-corrected chi connectivity index (χ1v) is 17.7. The van der Waals surface area contributed by atoms with Gasteiger partial charge < -0.3 is 0 Å². The molecular weight excluding hydrogens is 468 g/mol. The van der Waals surface area contributed by atoms with Crippen LogP contribution in [-0.4, -0.2) is 0 Å². The zero-order chi connectivity index (χ0) is 28.1. The molecule has 0 aliphatic carbocycles. The highest BCUT2D eigenvalue weighted by Gasteiger charge is 2.19. The molecule has 0 N–H and O–H groups in total. The van der Waals surface area contributed by atoms with Crippen LogP contribution in [0.1, 0.15) is 184 Å². The molecule has 0 spiro atoms. The molecule has 0 aliphatic rings. The van der Waals surface area contributed by atoms with E-state index in [1.165, 1.54) is 160 Å².